The van der Waals surface area contributed by atoms with Gasteiger partial charge in [0, 0.05) is 5.75 Å². The Morgan fingerprint density at radius 1 is 1.64 bits per heavy atom. The van der Waals surface area contributed by atoms with Gasteiger partial charge in [0.15, 0.2) is 0 Å². The Hall–Kier alpha value is 0.660. The molecule has 0 aliphatic heterocycles. The molecule has 0 heterocycles. The molecule has 1 rings (SSSR count). The van der Waals surface area contributed by atoms with E-state index in [-0.39, 0.29) is 0 Å². The van der Waals surface area contributed by atoms with Crippen LogP contribution in [0.25, 0.3) is 0 Å². The zero-order valence-corrected chi connectivity index (χ0v) is 8.63. The fourth-order valence-electron chi connectivity index (χ4n) is 1.72. The molecular formula is C8H16OS2. The Balaban J connectivity index is 2.49. The summed E-state index contributed by atoms with van der Waals surface area (Å²) in [5.41, 5.74) is -0.426. The first-order valence-corrected chi connectivity index (χ1v) is 6.21. The van der Waals surface area contributed by atoms with Gasteiger partial charge in [-0.05, 0) is 18.8 Å². The third kappa shape index (κ3) is 2.30. The topological polar surface area (TPSA) is 20.2 Å². The van der Waals surface area contributed by atoms with Crippen molar-refractivity contribution in [3.8, 4) is 0 Å². The second-order valence-corrected chi connectivity index (χ2v) is 4.85. The van der Waals surface area contributed by atoms with E-state index in [9.17, 15) is 5.11 Å². The maximum atomic E-state index is 10.1. The largest absolute Gasteiger partial charge is 0.389 e. The molecule has 3 heteroatoms. The van der Waals surface area contributed by atoms with Crippen LogP contribution in [0.4, 0.5) is 0 Å². The monoisotopic (exact) mass is 192 g/mol. The van der Waals surface area contributed by atoms with Gasteiger partial charge < -0.3 is 5.11 Å². The van der Waals surface area contributed by atoms with Crippen LogP contribution in [-0.2, 0) is 0 Å². The molecule has 0 amide bonds. The number of hydrogen-bond acceptors (Lipinski definition) is 3. The predicted octanol–water partition coefficient (Wildman–Crippen LogP) is 2.51. The van der Waals surface area contributed by atoms with Crippen molar-refractivity contribution < 1.29 is 5.11 Å². The molecule has 11 heavy (non-hydrogen) atoms. The van der Waals surface area contributed by atoms with Gasteiger partial charge in [-0.3, -0.25) is 0 Å². The summed E-state index contributed by atoms with van der Waals surface area (Å²) in [5, 5.41) is 10.1. The first-order chi connectivity index (χ1) is 5.19. The van der Waals surface area contributed by atoms with Crippen LogP contribution in [0.3, 0.4) is 0 Å². The minimum absolute atomic E-state index is 0.426. The standard InChI is InChI=1S/C8H16OS2/c1-7-4-2-3-5-8(7,9)6-11-10/h7,9-10H,2-6H2,1H3/t7-,8+/m1/s1. The quantitative estimate of drug-likeness (QED) is 0.518. The molecule has 0 bridgehead atoms. The normalized spacial score (nSPS) is 39.0. The summed E-state index contributed by atoms with van der Waals surface area (Å²) in [6, 6.07) is 0. The third-order valence-electron chi connectivity index (χ3n) is 2.73. The van der Waals surface area contributed by atoms with Crippen LogP contribution < -0.4 is 0 Å². The first kappa shape index (κ1) is 9.75. The maximum Gasteiger partial charge on any atom is 0.0771 e. The second kappa shape index (κ2) is 4.06. The number of rotatable bonds is 2. The van der Waals surface area contributed by atoms with Crippen molar-refractivity contribution in [2.24, 2.45) is 5.92 Å². The molecule has 1 N–H and O–H groups in total. The summed E-state index contributed by atoms with van der Waals surface area (Å²) in [6.45, 7) is 2.14. The zero-order valence-electron chi connectivity index (χ0n) is 6.92. The molecule has 0 aromatic carbocycles. The van der Waals surface area contributed by atoms with Crippen LogP contribution in [0.1, 0.15) is 32.6 Å². The second-order valence-electron chi connectivity index (χ2n) is 3.52. The van der Waals surface area contributed by atoms with Crippen LogP contribution in [0.2, 0.25) is 0 Å². The first-order valence-electron chi connectivity index (χ1n) is 4.18. The van der Waals surface area contributed by atoms with E-state index in [1.165, 1.54) is 30.1 Å². The van der Waals surface area contributed by atoms with Gasteiger partial charge in [-0.15, -0.1) is 11.7 Å². The molecule has 0 unspecified atom stereocenters. The Bertz CT molecular complexity index is 125. The van der Waals surface area contributed by atoms with Crippen molar-refractivity contribution in [2.75, 3.05) is 5.75 Å². The van der Waals surface area contributed by atoms with Crippen LogP contribution in [0.5, 0.6) is 0 Å². The van der Waals surface area contributed by atoms with Gasteiger partial charge in [-0.25, -0.2) is 0 Å². The molecule has 0 saturated heterocycles. The van der Waals surface area contributed by atoms with E-state index < -0.39 is 5.60 Å². The van der Waals surface area contributed by atoms with Gasteiger partial charge in [0.2, 0.25) is 0 Å². The van der Waals surface area contributed by atoms with Gasteiger partial charge >= 0.3 is 0 Å². The lowest BCUT2D eigenvalue weighted by atomic mass is 9.78. The molecule has 66 valence electrons. The number of aliphatic hydroxyl groups is 1. The third-order valence-corrected chi connectivity index (χ3v) is 3.74. The fourth-order valence-corrected chi connectivity index (χ4v) is 3.05. The summed E-state index contributed by atoms with van der Waals surface area (Å²) in [4.78, 5) is 0. The summed E-state index contributed by atoms with van der Waals surface area (Å²) >= 11 is 4.08. The SMILES string of the molecule is C[C@@H]1CCCC[C@]1(O)CSS. The molecule has 1 nitrogen and oxygen atoms in total. The Morgan fingerprint density at radius 2 is 2.36 bits per heavy atom. The van der Waals surface area contributed by atoms with E-state index in [4.69, 9.17) is 0 Å². The smallest absolute Gasteiger partial charge is 0.0771 e. The lowest BCUT2D eigenvalue weighted by Gasteiger charge is -2.37. The van der Waals surface area contributed by atoms with Crippen molar-refractivity contribution in [1.29, 1.82) is 0 Å². The zero-order chi connectivity index (χ0) is 8.32. The van der Waals surface area contributed by atoms with Crippen LogP contribution in [0.15, 0.2) is 0 Å². The Morgan fingerprint density at radius 3 is 2.91 bits per heavy atom. The minimum Gasteiger partial charge on any atom is -0.389 e. The summed E-state index contributed by atoms with van der Waals surface area (Å²) in [7, 11) is 1.46. The number of thiol groups is 1. The van der Waals surface area contributed by atoms with Crippen molar-refractivity contribution in [3.63, 3.8) is 0 Å². The highest BCUT2D eigenvalue weighted by Crippen LogP contribution is 2.36. The number of hydrogen-bond donors (Lipinski definition) is 2. The molecule has 0 aromatic rings. The highest BCUT2D eigenvalue weighted by molar-refractivity contribution is 8.68. The van der Waals surface area contributed by atoms with Crippen LogP contribution in [0, 0.1) is 5.92 Å². The van der Waals surface area contributed by atoms with E-state index in [0.29, 0.717) is 5.92 Å². The summed E-state index contributed by atoms with van der Waals surface area (Å²) in [6.07, 6.45) is 4.59. The van der Waals surface area contributed by atoms with E-state index in [2.05, 4.69) is 18.6 Å². The molecule has 1 saturated carbocycles. The molecule has 0 aromatic heterocycles. The molecule has 2 atom stereocenters. The molecule has 0 spiro atoms. The van der Waals surface area contributed by atoms with Gasteiger partial charge in [0.25, 0.3) is 0 Å². The van der Waals surface area contributed by atoms with Crippen molar-refractivity contribution >= 4 is 22.5 Å². The molecule has 1 fully saturated rings. The summed E-state index contributed by atoms with van der Waals surface area (Å²) < 4.78 is 0. The molecule has 1 aliphatic rings. The van der Waals surface area contributed by atoms with E-state index >= 15 is 0 Å². The lowest BCUT2D eigenvalue weighted by Crippen LogP contribution is -2.41. The average molecular weight is 192 g/mol. The van der Waals surface area contributed by atoms with Gasteiger partial charge in [0.05, 0.1) is 5.60 Å². The maximum absolute atomic E-state index is 10.1. The predicted molar refractivity (Wildman–Crippen MR) is 54.0 cm³/mol. The van der Waals surface area contributed by atoms with E-state index in [0.717, 1.165) is 12.2 Å². The average Bonchev–Trinajstić information content (AvgIpc) is 1.96. The van der Waals surface area contributed by atoms with Gasteiger partial charge in [0.1, 0.15) is 0 Å². The lowest BCUT2D eigenvalue weighted by molar-refractivity contribution is -0.0191. The molecular weight excluding hydrogens is 176 g/mol. The van der Waals surface area contributed by atoms with Crippen molar-refractivity contribution in [2.45, 2.75) is 38.2 Å². The van der Waals surface area contributed by atoms with E-state index in [1.807, 2.05) is 0 Å². The molecule has 1 aliphatic carbocycles. The van der Waals surface area contributed by atoms with Crippen LogP contribution >= 0.6 is 22.5 Å². The summed E-state index contributed by atoms with van der Waals surface area (Å²) in [5.74, 6) is 1.23. The van der Waals surface area contributed by atoms with Gasteiger partial charge in [-0.2, -0.15) is 0 Å². The van der Waals surface area contributed by atoms with E-state index in [1.54, 1.807) is 0 Å². The van der Waals surface area contributed by atoms with Crippen LogP contribution in [-0.4, -0.2) is 16.5 Å². The minimum atomic E-state index is -0.426. The fraction of sp³-hybridized carbons (Fsp3) is 1.00. The Kier molecular flexibility index (Phi) is 3.59. The highest BCUT2D eigenvalue weighted by Gasteiger charge is 2.35. The van der Waals surface area contributed by atoms with Crippen molar-refractivity contribution in [1.82, 2.24) is 0 Å². The Labute approximate surface area is 77.8 Å². The van der Waals surface area contributed by atoms with Gasteiger partial charge in [-0.1, -0.05) is 30.6 Å². The van der Waals surface area contributed by atoms with Crippen molar-refractivity contribution in [3.05, 3.63) is 0 Å². The molecule has 0 radical (unpaired) electrons. The highest BCUT2D eigenvalue weighted by atomic mass is 33.1.